The Morgan fingerprint density at radius 1 is 1.31 bits per heavy atom. The van der Waals surface area contributed by atoms with E-state index in [1.807, 2.05) is 12.1 Å². The normalized spacial score (nSPS) is 13.3. The number of carbonyl (C=O) groups is 1. The molecule has 0 bridgehead atoms. The molecule has 3 aromatic heterocycles. The number of H-pyrrole nitrogens is 1. The smallest absolute Gasteiger partial charge is 0.259 e. The van der Waals surface area contributed by atoms with E-state index in [-0.39, 0.29) is 17.2 Å². The number of nitrogens with zero attached hydrogens (tertiary/aromatic N) is 3. The summed E-state index contributed by atoms with van der Waals surface area (Å²) in [6, 6.07) is 7.07. The number of nitrogens with one attached hydrogen (secondary N) is 2. The summed E-state index contributed by atoms with van der Waals surface area (Å²) in [4.78, 5) is 34.9. The summed E-state index contributed by atoms with van der Waals surface area (Å²) in [6.07, 6.45) is 7.76. The number of aromatic amines is 1. The van der Waals surface area contributed by atoms with E-state index in [2.05, 4.69) is 20.4 Å². The average Bonchev–Trinajstić information content (AvgIpc) is 3.41. The molecule has 10 heteroatoms. The molecule has 4 aromatic rings. The largest absolute Gasteiger partial charge is 0.323 e. The van der Waals surface area contributed by atoms with Gasteiger partial charge < -0.3 is 10.3 Å². The molecule has 5 rings (SSSR count). The van der Waals surface area contributed by atoms with E-state index in [4.69, 9.17) is 11.6 Å². The van der Waals surface area contributed by atoms with Gasteiger partial charge in [0.15, 0.2) is 0 Å². The Balaban J connectivity index is 1.25. The number of aryl methyl sites for hydroxylation is 2. The van der Waals surface area contributed by atoms with Crippen molar-refractivity contribution in [3.63, 3.8) is 0 Å². The van der Waals surface area contributed by atoms with Gasteiger partial charge in [0.05, 0.1) is 28.3 Å². The van der Waals surface area contributed by atoms with Crippen molar-refractivity contribution in [2.75, 3.05) is 11.1 Å². The number of rotatable bonds is 6. The Labute approximate surface area is 197 Å². The zero-order valence-corrected chi connectivity index (χ0v) is 19.4. The molecule has 0 unspecified atom stereocenters. The molecule has 2 N–H and O–H groups in total. The highest BCUT2D eigenvalue weighted by Gasteiger charge is 2.20. The first-order valence-electron chi connectivity index (χ1n) is 10.3. The van der Waals surface area contributed by atoms with E-state index in [9.17, 15) is 9.59 Å². The number of thiophene rings is 1. The third-order valence-corrected chi connectivity index (χ3v) is 7.69. The number of carbonyl (C=O) groups excluding carboxylic acids is 1. The fourth-order valence-corrected chi connectivity index (χ4v) is 6.07. The lowest BCUT2D eigenvalue weighted by Gasteiger charge is -2.11. The van der Waals surface area contributed by atoms with E-state index in [1.165, 1.54) is 28.6 Å². The maximum absolute atomic E-state index is 12.7. The Morgan fingerprint density at radius 2 is 2.19 bits per heavy atom. The second-order valence-corrected chi connectivity index (χ2v) is 10.1. The van der Waals surface area contributed by atoms with E-state index in [1.54, 1.807) is 40.5 Å². The minimum Gasteiger partial charge on any atom is -0.323 e. The molecule has 1 aromatic carbocycles. The van der Waals surface area contributed by atoms with Gasteiger partial charge in [-0.2, -0.15) is 5.10 Å². The fraction of sp³-hybridized carbons (Fsp3) is 0.273. The predicted molar refractivity (Wildman–Crippen MR) is 130 cm³/mol. The van der Waals surface area contributed by atoms with Crippen LogP contribution in [0.3, 0.4) is 0 Å². The molecule has 0 atom stereocenters. The summed E-state index contributed by atoms with van der Waals surface area (Å²) in [5.41, 5.74) is 2.43. The van der Waals surface area contributed by atoms with Gasteiger partial charge >= 0.3 is 0 Å². The average molecular weight is 486 g/mol. The van der Waals surface area contributed by atoms with Crippen LogP contribution in [0.15, 0.2) is 41.5 Å². The van der Waals surface area contributed by atoms with E-state index in [0.29, 0.717) is 22.3 Å². The van der Waals surface area contributed by atoms with E-state index >= 15 is 0 Å². The van der Waals surface area contributed by atoms with Gasteiger partial charge in [-0.05, 0) is 55.5 Å². The van der Waals surface area contributed by atoms with Crippen molar-refractivity contribution in [2.45, 2.75) is 31.4 Å². The minimum absolute atomic E-state index is 0.0720. The van der Waals surface area contributed by atoms with Gasteiger partial charge in [-0.15, -0.1) is 23.1 Å². The Kier molecular flexibility index (Phi) is 6.03. The van der Waals surface area contributed by atoms with E-state index in [0.717, 1.165) is 35.2 Å². The van der Waals surface area contributed by atoms with Crippen molar-refractivity contribution in [3.8, 4) is 5.69 Å². The number of hydrogen-bond acceptors (Lipinski definition) is 6. The number of amides is 1. The lowest BCUT2D eigenvalue weighted by molar-refractivity contribution is -0.113. The number of thioether (sulfide) groups is 1. The molecule has 0 radical (unpaired) electrons. The zero-order chi connectivity index (χ0) is 22.1. The van der Waals surface area contributed by atoms with Crippen LogP contribution in [0.4, 0.5) is 5.69 Å². The quantitative estimate of drug-likeness (QED) is 0.417. The van der Waals surface area contributed by atoms with Gasteiger partial charge in [-0.1, -0.05) is 11.6 Å². The number of hydrogen-bond donors (Lipinski definition) is 2. The third kappa shape index (κ3) is 4.32. The van der Waals surface area contributed by atoms with Gasteiger partial charge in [0.1, 0.15) is 10.7 Å². The predicted octanol–water partition coefficient (Wildman–Crippen LogP) is 4.57. The molecule has 0 aliphatic heterocycles. The van der Waals surface area contributed by atoms with Gasteiger partial charge in [0.2, 0.25) is 5.91 Å². The van der Waals surface area contributed by atoms with Crippen LogP contribution < -0.4 is 10.9 Å². The van der Waals surface area contributed by atoms with Crippen LogP contribution in [-0.4, -0.2) is 31.4 Å². The van der Waals surface area contributed by atoms with Crippen molar-refractivity contribution in [3.05, 3.63) is 68.3 Å². The summed E-state index contributed by atoms with van der Waals surface area (Å²) >= 11 is 9.15. The molecule has 1 amide bonds. The monoisotopic (exact) mass is 485 g/mol. The minimum atomic E-state index is -0.166. The molecule has 164 valence electrons. The lowest BCUT2D eigenvalue weighted by atomic mass is 9.97. The second kappa shape index (κ2) is 9.09. The molecule has 3 heterocycles. The molecule has 32 heavy (non-hydrogen) atoms. The highest BCUT2D eigenvalue weighted by molar-refractivity contribution is 7.99. The van der Waals surface area contributed by atoms with Crippen LogP contribution in [-0.2, 0) is 23.4 Å². The topological polar surface area (TPSA) is 92.7 Å². The fourth-order valence-electron chi connectivity index (χ4n) is 3.92. The molecular formula is C22H20ClN5O2S2. The first-order valence-corrected chi connectivity index (χ1v) is 12.6. The Hall–Kier alpha value is -2.62. The molecule has 0 spiro atoms. The number of anilines is 1. The number of benzene rings is 1. The summed E-state index contributed by atoms with van der Waals surface area (Å²) < 4.78 is 1.67. The Morgan fingerprint density at radius 3 is 3.03 bits per heavy atom. The molecule has 0 saturated carbocycles. The summed E-state index contributed by atoms with van der Waals surface area (Å²) in [5, 5.41) is 8.40. The maximum Gasteiger partial charge on any atom is 0.259 e. The van der Waals surface area contributed by atoms with Gasteiger partial charge in [-0.3, -0.25) is 9.59 Å². The highest BCUT2D eigenvalue weighted by Crippen LogP contribution is 2.33. The van der Waals surface area contributed by atoms with E-state index < -0.39 is 0 Å². The first-order chi connectivity index (χ1) is 15.6. The van der Waals surface area contributed by atoms with Crippen molar-refractivity contribution >= 4 is 56.5 Å². The van der Waals surface area contributed by atoms with Crippen LogP contribution >= 0.6 is 34.7 Å². The summed E-state index contributed by atoms with van der Waals surface area (Å²) in [6.45, 7) is 0. The standard InChI is InChI=1S/C22H20ClN5O2S2/c23-13-6-7-16(28-9-3-8-24-28)15(10-13)25-19(29)12-31-11-18-26-21(30)20-14-4-1-2-5-17(14)32-22(20)27-18/h3,6-10H,1-2,4-5,11-12H2,(H,25,29)(H,26,27,30). The van der Waals surface area contributed by atoms with Gasteiger partial charge in [0.25, 0.3) is 5.56 Å². The molecular weight excluding hydrogens is 466 g/mol. The lowest BCUT2D eigenvalue weighted by Crippen LogP contribution is -2.17. The summed E-state index contributed by atoms with van der Waals surface area (Å²) in [7, 11) is 0. The number of aromatic nitrogens is 4. The van der Waals surface area contributed by atoms with Crippen LogP contribution in [0, 0.1) is 0 Å². The number of fused-ring (bicyclic) bond motifs is 3. The second-order valence-electron chi connectivity index (χ2n) is 7.56. The SMILES string of the molecule is O=C(CSCc1nc2sc3c(c2c(=O)[nH]1)CCCC3)Nc1cc(Cl)ccc1-n1cccn1. The van der Waals surface area contributed by atoms with Crippen LogP contribution in [0.1, 0.15) is 29.1 Å². The van der Waals surface area contributed by atoms with Crippen molar-refractivity contribution < 1.29 is 4.79 Å². The number of halogens is 1. The zero-order valence-electron chi connectivity index (χ0n) is 17.1. The molecule has 1 aliphatic carbocycles. The Bertz CT molecular complexity index is 1350. The maximum atomic E-state index is 12.7. The van der Waals surface area contributed by atoms with Crippen LogP contribution in [0.25, 0.3) is 15.9 Å². The first kappa shape index (κ1) is 21.2. The van der Waals surface area contributed by atoms with Crippen molar-refractivity contribution in [1.29, 1.82) is 0 Å². The van der Waals surface area contributed by atoms with Crippen LogP contribution in [0.2, 0.25) is 5.02 Å². The molecule has 7 nitrogen and oxygen atoms in total. The molecule has 0 fully saturated rings. The summed E-state index contributed by atoms with van der Waals surface area (Å²) in [5.74, 6) is 1.09. The van der Waals surface area contributed by atoms with Crippen molar-refractivity contribution in [1.82, 2.24) is 19.7 Å². The highest BCUT2D eigenvalue weighted by atomic mass is 35.5. The third-order valence-electron chi connectivity index (χ3n) is 5.33. The van der Waals surface area contributed by atoms with Crippen LogP contribution in [0.5, 0.6) is 0 Å². The molecule has 1 aliphatic rings. The molecule has 0 saturated heterocycles. The van der Waals surface area contributed by atoms with Gasteiger partial charge in [-0.25, -0.2) is 9.67 Å². The van der Waals surface area contributed by atoms with Crippen molar-refractivity contribution in [2.24, 2.45) is 0 Å². The van der Waals surface area contributed by atoms with Gasteiger partial charge in [0, 0.05) is 22.3 Å².